The van der Waals surface area contributed by atoms with Crippen LogP contribution in [0.5, 0.6) is 0 Å². The summed E-state index contributed by atoms with van der Waals surface area (Å²) in [5.74, 6) is 2.09. The second-order valence-electron chi connectivity index (χ2n) is 7.83. The third kappa shape index (κ3) is 4.00. The maximum Gasteiger partial charge on any atom is 0.118 e. The Balaban J connectivity index is 1.28. The first-order chi connectivity index (χ1) is 12.6. The van der Waals surface area contributed by atoms with Gasteiger partial charge in [-0.15, -0.1) is 5.10 Å². The molecule has 26 heavy (non-hydrogen) atoms. The Labute approximate surface area is 154 Å². The van der Waals surface area contributed by atoms with Crippen molar-refractivity contribution in [3.05, 3.63) is 35.0 Å². The van der Waals surface area contributed by atoms with Gasteiger partial charge in [0.2, 0.25) is 0 Å². The van der Waals surface area contributed by atoms with Gasteiger partial charge in [0.25, 0.3) is 0 Å². The van der Waals surface area contributed by atoms with Crippen molar-refractivity contribution in [2.45, 2.75) is 58.3 Å². The highest BCUT2D eigenvalue weighted by Gasteiger charge is 2.24. The molecule has 7 nitrogen and oxygen atoms in total. The van der Waals surface area contributed by atoms with E-state index in [4.69, 9.17) is 4.42 Å². The Bertz CT molecular complexity index is 713. The Hall–Kier alpha value is -1.70. The first-order valence-corrected chi connectivity index (χ1v) is 9.66. The van der Waals surface area contributed by atoms with Crippen LogP contribution in [0.3, 0.4) is 0 Å². The van der Waals surface area contributed by atoms with Gasteiger partial charge in [-0.2, -0.15) is 0 Å². The van der Waals surface area contributed by atoms with Gasteiger partial charge in [-0.1, -0.05) is 5.21 Å². The molecule has 2 fully saturated rings. The van der Waals surface area contributed by atoms with Crippen molar-refractivity contribution >= 4 is 0 Å². The smallest absolute Gasteiger partial charge is 0.118 e. The highest BCUT2D eigenvalue weighted by atomic mass is 16.3. The number of hydrogen-bond acceptors (Lipinski definition) is 6. The first-order valence-electron chi connectivity index (χ1n) is 9.66. The van der Waals surface area contributed by atoms with Crippen molar-refractivity contribution in [3.63, 3.8) is 0 Å². The number of rotatable bonds is 5. The van der Waals surface area contributed by atoms with Gasteiger partial charge in [-0.25, -0.2) is 4.68 Å². The summed E-state index contributed by atoms with van der Waals surface area (Å²) in [5.41, 5.74) is 2.23. The molecular formula is C19H29N5O2. The molecule has 1 N–H and O–H groups in total. The van der Waals surface area contributed by atoms with E-state index in [1.165, 1.54) is 5.56 Å². The predicted octanol–water partition coefficient (Wildman–Crippen LogP) is 1.89. The van der Waals surface area contributed by atoms with E-state index in [1.807, 2.05) is 11.6 Å². The van der Waals surface area contributed by atoms with Gasteiger partial charge in [-0.05, 0) is 44.7 Å². The molecule has 1 atom stereocenters. The van der Waals surface area contributed by atoms with Gasteiger partial charge in [-0.3, -0.25) is 9.80 Å². The lowest BCUT2D eigenvalue weighted by Crippen LogP contribution is -2.34. The summed E-state index contributed by atoms with van der Waals surface area (Å²) in [7, 11) is 0. The molecule has 2 aliphatic rings. The van der Waals surface area contributed by atoms with E-state index in [9.17, 15) is 5.11 Å². The van der Waals surface area contributed by atoms with Crippen molar-refractivity contribution in [3.8, 4) is 0 Å². The Morgan fingerprint density at radius 2 is 1.88 bits per heavy atom. The number of piperidine rings is 1. The summed E-state index contributed by atoms with van der Waals surface area (Å²) in [4.78, 5) is 4.70. The van der Waals surface area contributed by atoms with Crippen LogP contribution in [0.2, 0.25) is 0 Å². The molecule has 0 amide bonds. The molecule has 0 aromatic carbocycles. The van der Waals surface area contributed by atoms with E-state index >= 15 is 0 Å². The summed E-state index contributed by atoms with van der Waals surface area (Å²) in [6.45, 7) is 9.59. The fourth-order valence-corrected chi connectivity index (χ4v) is 4.04. The van der Waals surface area contributed by atoms with E-state index in [0.717, 1.165) is 75.7 Å². The second-order valence-corrected chi connectivity index (χ2v) is 7.83. The van der Waals surface area contributed by atoms with Gasteiger partial charge in [0.15, 0.2) is 0 Å². The van der Waals surface area contributed by atoms with Crippen LogP contribution in [0.4, 0.5) is 0 Å². The van der Waals surface area contributed by atoms with Crippen LogP contribution in [0.1, 0.15) is 48.1 Å². The molecule has 2 aromatic rings. The topological polar surface area (TPSA) is 70.6 Å². The molecule has 2 aromatic heterocycles. The lowest BCUT2D eigenvalue weighted by molar-refractivity contribution is 0.161. The van der Waals surface area contributed by atoms with E-state index in [1.54, 1.807) is 0 Å². The van der Waals surface area contributed by atoms with E-state index < -0.39 is 0 Å². The molecule has 4 rings (SSSR count). The quantitative estimate of drug-likeness (QED) is 0.879. The van der Waals surface area contributed by atoms with Gasteiger partial charge >= 0.3 is 0 Å². The summed E-state index contributed by atoms with van der Waals surface area (Å²) >= 11 is 0. The minimum atomic E-state index is -0.184. The largest absolute Gasteiger partial charge is 0.465 e. The number of hydrogen-bond donors (Lipinski definition) is 1. The van der Waals surface area contributed by atoms with Crippen LogP contribution in [0.25, 0.3) is 0 Å². The maximum absolute atomic E-state index is 9.64. The van der Waals surface area contributed by atoms with Crippen LogP contribution in [0, 0.1) is 13.8 Å². The molecule has 0 aliphatic carbocycles. The van der Waals surface area contributed by atoms with Gasteiger partial charge in [0, 0.05) is 32.7 Å². The van der Waals surface area contributed by atoms with Gasteiger partial charge < -0.3 is 9.52 Å². The molecule has 0 unspecified atom stereocenters. The molecule has 7 heteroatoms. The van der Waals surface area contributed by atoms with Crippen LogP contribution in [0.15, 0.2) is 16.7 Å². The molecule has 0 radical (unpaired) electrons. The second kappa shape index (κ2) is 7.50. The molecule has 142 valence electrons. The van der Waals surface area contributed by atoms with E-state index in [2.05, 4.69) is 39.3 Å². The van der Waals surface area contributed by atoms with Crippen LogP contribution in [-0.4, -0.2) is 62.2 Å². The molecule has 4 heterocycles. The number of β-amino-alcohol motifs (C(OH)–C–C–N with tert-alkyl or cyclic N) is 1. The van der Waals surface area contributed by atoms with Crippen LogP contribution < -0.4 is 0 Å². The number of furan rings is 1. The predicted molar refractivity (Wildman–Crippen MR) is 97.7 cm³/mol. The van der Waals surface area contributed by atoms with Crippen LogP contribution >= 0.6 is 0 Å². The van der Waals surface area contributed by atoms with E-state index in [0.29, 0.717) is 6.04 Å². The monoisotopic (exact) mass is 359 g/mol. The molecular weight excluding hydrogens is 330 g/mol. The highest BCUT2D eigenvalue weighted by molar-refractivity contribution is 5.18. The number of nitrogens with zero attached hydrogens (tertiary/aromatic N) is 5. The van der Waals surface area contributed by atoms with Crippen molar-refractivity contribution < 1.29 is 9.52 Å². The normalized spacial score (nSPS) is 23.1. The SMILES string of the molecule is Cc1cc(CN2CCC(n3cc(CN4CC[C@H](O)C4)nn3)CC2)oc1C. The fraction of sp³-hybridized carbons (Fsp3) is 0.684. The lowest BCUT2D eigenvalue weighted by Gasteiger charge is -2.31. The van der Waals surface area contributed by atoms with Crippen molar-refractivity contribution in [1.29, 1.82) is 0 Å². The Morgan fingerprint density at radius 3 is 2.54 bits per heavy atom. The standard InChI is InChI=1S/C19H29N5O2/c1-14-9-19(26-15(14)2)13-22-6-3-17(4-7-22)24-11-16(20-21-24)10-23-8-5-18(25)12-23/h9,11,17-18,25H,3-8,10,12-13H2,1-2H3/t18-/m0/s1. The Kier molecular flexibility index (Phi) is 5.11. The van der Waals surface area contributed by atoms with Crippen molar-refractivity contribution in [2.24, 2.45) is 0 Å². The number of likely N-dealkylation sites (tertiary alicyclic amines) is 2. The average Bonchev–Trinajstić information content (AvgIpc) is 3.31. The summed E-state index contributed by atoms with van der Waals surface area (Å²) in [5, 5.41) is 18.3. The van der Waals surface area contributed by atoms with Crippen LogP contribution in [-0.2, 0) is 13.1 Å². The minimum absolute atomic E-state index is 0.184. The zero-order valence-electron chi connectivity index (χ0n) is 15.8. The number of aliphatic hydroxyl groups excluding tert-OH is 1. The molecule has 0 spiro atoms. The molecule has 2 aliphatic heterocycles. The zero-order valence-corrected chi connectivity index (χ0v) is 15.8. The van der Waals surface area contributed by atoms with Gasteiger partial charge in [0.1, 0.15) is 11.5 Å². The molecule has 2 saturated heterocycles. The summed E-state index contributed by atoms with van der Waals surface area (Å²) < 4.78 is 7.85. The molecule has 0 bridgehead atoms. The summed E-state index contributed by atoms with van der Waals surface area (Å²) in [6.07, 6.45) is 4.94. The Morgan fingerprint density at radius 1 is 1.12 bits per heavy atom. The summed E-state index contributed by atoms with van der Waals surface area (Å²) in [6, 6.07) is 2.58. The minimum Gasteiger partial charge on any atom is -0.465 e. The van der Waals surface area contributed by atoms with Gasteiger partial charge in [0.05, 0.1) is 30.6 Å². The number of aliphatic hydroxyl groups is 1. The number of aryl methyl sites for hydroxylation is 2. The maximum atomic E-state index is 9.64. The third-order valence-corrected chi connectivity index (χ3v) is 5.72. The average molecular weight is 359 g/mol. The van der Waals surface area contributed by atoms with Crippen molar-refractivity contribution in [1.82, 2.24) is 24.8 Å². The third-order valence-electron chi connectivity index (χ3n) is 5.72. The fourth-order valence-electron chi connectivity index (χ4n) is 4.04. The van der Waals surface area contributed by atoms with Crippen molar-refractivity contribution in [2.75, 3.05) is 26.2 Å². The highest BCUT2D eigenvalue weighted by Crippen LogP contribution is 2.24. The zero-order chi connectivity index (χ0) is 18.1. The molecule has 0 saturated carbocycles. The lowest BCUT2D eigenvalue weighted by atomic mass is 10.1. The first kappa shape index (κ1) is 17.7. The van der Waals surface area contributed by atoms with E-state index in [-0.39, 0.29) is 6.10 Å². The number of aromatic nitrogens is 3.